The molecule has 3 aromatic rings. The molecule has 2 aromatic carbocycles. The first-order valence-corrected chi connectivity index (χ1v) is 11.0. The number of carbonyl (C=O) groups is 1. The third-order valence-electron chi connectivity index (χ3n) is 5.64. The van der Waals surface area contributed by atoms with Crippen molar-refractivity contribution in [2.24, 2.45) is 5.16 Å². The van der Waals surface area contributed by atoms with E-state index in [1.807, 2.05) is 6.92 Å². The molecule has 0 unspecified atom stereocenters. The fourth-order valence-electron chi connectivity index (χ4n) is 3.82. The SMILES string of the molecule is CCOc1cc(-c2nc(Cc3c(C)cc(OCC4=NOC(=O)C4)c(F)c3C)ccc2O)ccc1F. The summed E-state index contributed by atoms with van der Waals surface area (Å²) < 4.78 is 39.9. The summed E-state index contributed by atoms with van der Waals surface area (Å²) in [6.07, 6.45) is 0.323. The number of hydrogen-bond donors (Lipinski definition) is 1. The van der Waals surface area contributed by atoms with Crippen LogP contribution in [0.25, 0.3) is 11.3 Å². The highest BCUT2D eigenvalue weighted by molar-refractivity contribution is 6.02. The monoisotopic (exact) mass is 482 g/mol. The maximum atomic E-state index is 15.1. The Labute approximate surface area is 201 Å². The largest absolute Gasteiger partial charge is 0.506 e. The van der Waals surface area contributed by atoms with E-state index >= 15 is 4.39 Å². The number of nitrogens with zero attached hydrogens (tertiary/aromatic N) is 2. The first-order valence-electron chi connectivity index (χ1n) is 11.0. The van der Waals surface area contributed by atoms with Gasteiger partial charge in [-0.1, -0.05) is 5.16 Å². The van der Waals surface area contributed by atoms with Crippen molar-refractivity contribution in [1.82, 2.24) is 4.98 Å². The Balaban J connectivity index is 1.59. The Morgan fingerprint density at radius 3 is 2.60 bits per heavy atom. The van der Waals surface area contributed by atoms with Crippen LogP contribution >= 0.6 is 0 Å². The molecule has 182 valence electrons. The zero-order valence-electron chi connectivity index (χ0n) is 19.5. The lowest BCUT2D eigenvalue weighted by Gasteiger charge is -2.16. The normalized spacial score (nSPS) is 12.9. The van der Waals surface area contributed by atoms with Crippen LogP contribution in [-0.4, -0.2) is 35.0 Å². The number of aromatic nitrogens is 1. The van der Waals surface area contributed by atoms with Crippen molar-refractivity contribution >= 4 is 11.7 Å². The van der Waals surface area contributed by atoms with Gasteiger partial charge < -0.3 is 19.4 Å². The molecule has 0 atom stereocenters. The molecule has 0 spiro atoms. The van der Waals surface area contributed by atoms with Crippen molar-refractivity contribution in [2.75, 3.05) is 13.2 Å². The van der Waals surface area contributed by atoms with E-state index in [9.17, 15) is 14.3 Å². The first kappa shape index (κ1) is 24.1. The predicted octanol–water partition coefficient (Wildman–Crippen LogP) is 5.02. The lowest BCUT2D eigenvalue weighted by molar-refractivity contribution is -0.140. The second-order valence-corrected chi connectivity index (χ2v) is 8.12. The van der Waals surface area contributed by atoms with Crippen molar-refractivity contribution < 1.29 is 33.0 Å². The van der Waals surface area contributed by atoms with Crippen LogP contribution in [0.1, 0.15) is 35.7 Å². The molecule has 0 fully saturated rings. The third-order valence-corrected chi connectivity index (χ3v) is 5.64. The molecular formula is C26H24F2N2O5. The number of ether oxygens (including phenoxy) is 2. The number of oxime groups is 1. The molecule has 9 heteroatoms. The van der Waals surface area contributed by atoms with Crippen LogP contribution in [0.15, 0.2) is 41.6 Å². The molecule has 2 heterocycles. The van der Waals surface area contributed by atoms with E-state index in [0.717, 1.165) is 11.1 Å². The van der Waals surface area contributed by atoms with Crippen molar-refractivity contribution in [3.05, 3.63) is 70.4 Å². The molecule has 1 aliphatic rings. The topological polar surface area (TPSA) is 90.2 Å². The van der Waals surface area contributed by atoms with Crippen molar-refractivity contribution in [3.63, 3.8) is 0 Å². The zero-order chi connectivity index (χ0) is 25.1. The van der Waals surface area contributed by atoms with Crippen LogP contribution in [-0.2, 0) is 16.1 Å². The highest BCUT2D eigenvalue weighted by Crippen LogP contribution is 2.33. The molecule has 7 nitrogen and oxygen atoms in total. The van der Waals surface area contributed by atoms with E-state index in [2.05, 4.69) is 15.0 Å². The van der Waals surface area contributed by atoms with Crippen LogP contribution < -0.4 is 9.47 Å². The summed E-state index contributed by atoms with van der Waals surface area (Å²) in [5, 5.41) is 14.0. The minimum atomic E-state index is -0.518. The van der Waals surface area contributed by atoms with E-state index in [-0.39, 0.29) is 36.0 Å². The second-order valence-electron chi connectivity index (χ2n) is 8.12. The van der Waals surface area contributed by atoms with E-state index in [1.165, 1.54) is 24.3 Å². The van der Waals surface area contributed by atoms with Crippen LogP contribution in [0.5, 0.6) is 17.2 Å². The molecule has 1 N–H and O–H groups in total. The van der Waals surface area contributed by atoms with Gasteiger partial charge in [-0.25, -0.2) is 18.6 Å². The standard InChI is InChI=1S/C26H24F2N2O5/c1-4-33-22-10-16(5-7-20(22)27)26-21(31)8-6-17(29-26)11-19-14(2)9-23(25(28)15(19)3)34-13-18-12-24(32)35-30-18/h5-10,31H,4,11-13H2,1-3H3. The summed E-state index contributed by atoms with van der Waals surface area (Å²) >= 11 is 0. The zero-order valence-corrected chi connectivity index (χ0v) is 19.5. The van der Waals surface area contributed by atoms with Gasteiger partial charge in [0, 0.05) is 17.7 Å². The number of carbonyl (C=O) groups excluding carboxylic acids is 1. The maximum absolute atomic E-state index is 15.1. The quantitative estimate of drug-likeness (QED) is 0.454. The van der Waals surface area contributed by atoms with Crippen molar-refractivity contribution in [3.8, 4) is 28.5 Å². The lowest BCUT2D eigenvalue weighted by atomic mass is 9.97. The van der Waals surface area contributed by atoms with Gasteiger partial charge in [0.1, 0.15) is 23.8 Å². The molecule has 0 radical (unpaired) electrons. The highest BCUT2D eigenvalue weighted by atomic mass is 19.1. The molecule has 35 heavy (non-hydrogen) atoms. The van der Waals surface area contributed by atoms with E-state index in [0.29, 0.717) is 35.6 Å². The summed E-state index contributed by atoms with van der Waals surface area (Å²) in [5.74, 6) is -1.43. The molecule has 4 rings (SSSR count). The van der Waals surface area contributed by atoms with Gasteiger partial charge in [-0.2, -0.15) is 0 Å². The number of benzene rings is 2. The summed E-state index contributed by atoms with van der Waals surface area (Å²) in [7, 11) is 0. The van der Waals surface area contributed by atoms with Crippen LogP contribution in [0.2, 0.25) is 0 Å². The van der Waals surface area contributed by atoms with Gasteiger partial charge in [-0.05, 0) is 73.9 Å². The number of rotatable bonds is 8. The van der Waals surface area contributed by atoms with Crippen molar-refractivity contribution in [2.45, 2.75) is 33.6 Å². The van der Waals surface area contributed by atoms with Gasteiger partial charge in [-0.3, -0.25) is 0 Å². The number of aryl methyl sites for hydroxylation is 1. The lowest BCUT2D eigenvalue weighted by Crippen LogP contribution is -2.12. The van der Waals surface area contributed by atoms with Gasteiger partial charge in [0.05, 0.1) is 13.0 Å². The Morgan fingerprint density at radius 1 is 1.09 bits per heavy atom. The Morgan fingerprint density at radius 2 is 1.89 bits per heavy atom. The fraction of sp³-hybridized carbons (Fsp3) is 0.269. The van der Waals surface area contributed by atoms with Gasteiger partial charge >= 0.3 is 5.97 Å². The number of aromatic hydroxyl groups is 1. The molecule has 0 saturated carbocycles. The summed E-state index contributed by atoms with van der Waals surface area (Å²) in [5.41, 5.74) is 3.67. The van der Waals surface area contributed by atoms with Gasteiger partial charge in [0.2, 0.25) is 0 Å². The molecule has 1 aliphatic heterocycles. The molecule has 0 bridgehead atoms. The maximum Gasteiger partial charge on any atom is 0.340 e. The molecule has 1 aromatic heterocycles. The Kier molecular flexibility index (Phi) is 6.95. The van der Waals surface area contributed by atoms with Crippen LogP contribution in [0, 0.1) is 25.5 Å². The van der Waals surface area contributed by atoms with Crippen molar-refractivity contribution in [1.29, 1.82) is 0 Å². The van der Waals surface area contributed by atoms with E-state index in [1.54, 1.807) is 26.0 Å². The number of halogens is 2. The van der Waals surface area contributed by atoms with Crippen LogP contribution in [0.4, 0.5) is 8.78 Å². The summed E-state index contributed by atoms with van der Waals surface area (Å²) in [6, 6.07) is 9.01. The Bertz CT molecular complexity index is 1320. The predicted molar refractivity (Wildman–Crippen MR) is 125 cm³/mol. The third kappa shape index (κ3) is 5.24. The Hall–Kier alpha value is -4.01. The summed E-state index contributed by atoms with van der Waals surface area (Å²) in [4.78, 5) is 20.2. The minimum absolute atomic E-state index is 0.0205. The number of pyridine rings is 1. The molecule has 0 aliphatic carbocycles. The number of hydrogen-bond acceptors (Lipinski definition) is 7. The van der Waals surface area contributed by atoms with E-state index < -0.39 is 17.6 Å². The van der Waals surface area contributed by atoms with Gasteiger partial charge in [-0.15, -0.1) is 0 Å². The minimum Gasteiger partial charge on any atom is -0.506 e. The first-order chi connectivity index (χ1) is 16.8. The average molecular weight is 482 g/mol. The fourth-order valence-corrected chi connectivity index (χ4v) is 3.82. The highest BCUT2D eigenvalue weighted by Gasteiger charge is 2.20. The molecular weight excluding hydrogens is 458 g/mol. The van der Waals surface area contributed by atoms with Crippen LogP contribution in [0.3, 0.4) is 0 Å². The average Bonchev–Trinajstić information content (AvgIpc) is 3.26. The van der Waals surface area contributed by atoms with Gasteiger partial charge in [0.15, 0.2) is 23.1 Å². The van der Waals surface area contributed by atoms with Gasteiger partial charge in [0.25, 0.3) is 0 Å². The second kappa shape index (κ2) is 10.1. The smallest absolute Gasteiger partial charge is 0.340 e. The molecule has 0 saturated heterocycles. The molecule has 0 amide bonds. The van der Waals surface area contributed by atoms with E-state index in [4.69, 9.17) is 9.47 Å². The summed E-state index contributed by atoms with van der Waals surface area (Å²) in [6.45, 7) is 5.49.